The molecule has 4 nitrogen and oxygen atoms in total. The van der Waals surface area contributed by atoms with E-state index in [0.29, 0.717) is 16.7 Å². The normalized spacial score (nSPS) is 10.0. The monoisotopic (exact) mass is 216 g/mol. The van der Waals surface area contributed by atoms with Crippen molar-refractivity contribution in [2.24, 2.45) is 5.73 Å². The molecule has 0 amide bonds. The Morgan fingerprint density at radius 1 is 1.69 bits per heavy atom. The van der Waals surface area contributed by atoms with Gasteiger partial charge in [0.2, 0.25) is 0 Å². The van der Waals surface area contributed by atoms with Gasteiger partial charge in [0.05, 0.1) is 5.75 Å². The van der Waals surface area contributed by atoms with Crippen molar-refractivity contribution in [1.29, 1.82) is 5.41 Å². The van der Waals surface area contributed by atoms with Crippen molar-refractivity contribution < 1.29 is 0 Å². The first-order valence-electron chi connectivity index (χ1n) is 3.55. The van der Waals surface area contributed by atoms with Crippen LogP contribution in [0.2, 0.25) is 5.15 Å². The lowest BCUT2D eigenvalue weighted by molar-refractivity contribution is 0.998. The highest BCUT2D eigenvalue weighted by atomic mass is 35.5. The maximum Gasteiger partial charge on any atom is 0.151 e. The summed E-state index contributed by atoms with van der Waals surface area (Å²) in [6.45, 7) is 1.84. The van der Waals surface area contributed by atoms with Crippen LogP contribution in [-0.4, -0.2) is 15.1 Å². The van der Waals surface area contributed by atoms with Gasteiger partial charge in [0.25, 0.3) is 0 Å². The fourth-order valence-corrected chi connectivity index (χ4v) is 1.46. The number of amidine groups is 1. The third kappa shape index (κ3) is 3.61. The molecule has 0 saturated carbocycles. The molecule has 0 atom stereocenters. The summed E-state index contributed by atoms with van der Waals surface area (Å²) in [7, 11) is 0. The number of rotatable bonds is 2. The highest BCUT2D eigenvalue weighted by molar-refractivity contribution is 8.12. The van der Waals surface area contributed by atoms with Gasteiger partial charge in [-0.1, -0.05) is 23.4 Å². The summed E-state index contributed by atoms with van der Waals surface area (Å²) in [5.74, 6) is 1.08. The molecule has 0 aromatic carbocycles. The van der Waals surface area contributed by atoms with Gasteiger partial charge < -0.3 is 5.73 Å². The first-order chi connectivity index (χ1) is 6.08. The van der Waals surface area contributed by atoms with E-state index in [1.807, 2.05) is 6.92 Å². The summed E-state index contributed by atoms with van der Waals surface area (Å²) in [5, 5.41) is 7.48. The predicted molar refractivity (Wildman–Crippen MR) is 55.0 cm³/mol. The molecule has 1 aromatic heterocycles. The van der Waals surface area contributed by atoms with E-state index in [2.05, 4.69) is 9.97 Å². The minimum absolute atomic E-state index is 0.0567. The molecule has 0 fully saturated rings. The van der Waals surface area contributed by atoms with E-state index in [4.69, 9.17) is 22.7 Å². The molecule has 1 rings (SSSR count). The zero-order chi connectivity index (χ0) is 9.84. The van der Waals surface area contributed by atoms with E-state index in [1.54, 1.807) is 6.07 Å². The topological polar surface area (TPSA) is 75.7 Å². The predicted octanol–water partition coefficient (Wildman–Crippen LogP) is 1.57. The van der Waals surface area contributed by atoms with Crippen LogP contribution >= 0.6 is 23.4 Å². The van der Waals surface area contributed by atoms with Crippen molar-refractivity contribution in [3.8, 4) is 0 Å². The van der Waals surface area contributed by atoms with Crippen LogP contribution in [-0.2, 0) is 5.75 Å². The summed E-state index contributed by atoms with van der Waals surface area (Å²) in [4.78, 5) is 8.12. The molecule has 0 saturated heterocycles. The first-order valence-corrected chi connectivity index (χ1v) is 4.91. The van der Waals surface area contributed by atoms with Gasteiger partial charge in [-0.3, -0.25) is 5.41 Å². The Bertz CT molecular complexity index is 308. The average molecular weight is 217 g/mol. The van der Waals surface area contributed by atoms with E-state index in [0.717, 1.165) is 5.69 Å². The number of nitrogens with one attached hydrogen (secondary N) is 1. The molecular formula is C7H9ClN4S. The summed E-state index contributed by atoms with van der Waals surface area (Å²) < 4.78 is 0. The molecule has 0 unspecified atom stereocenters. The van der Waals surface area contributed by atoms with Crippen LogP contribution in [0.3, 0.4) is 0 Å². The zero-order valence-electron chi connectivity index (χ0n) is 7.04. The lowest BCUT2D eigenvalue weighted by atomic mass is 10.4. The molecule has 0 spiro atoms. The van der Waals surface area contributed by atoms with Gasteiger partial charge in [0, 0.05) is 5.69 Å². The van der Waals surface area contributed by atoms with Gasteiger partial charge >= 0.3 is 0 Å². The number of aromatic nitrogens is 2. The lowest BCUT2D eigenvalue weighted by Gasteiger charge is -2.00. The Kier molecular flexibility index (Phi) is 3.50. The minimum atomic E-state index is 0.0567. The smallest absolute Gasteiger partial charge is 0.151 e. The van der Waals surface area contributed by atoms with E-state index >= 15 is 0 Å². The molecule has 6 heteroatoms. The molecule has 13 heavy (non-hydrogen) atoms. The molecule has 70 valence electrons. The van der Waals surface area contributed by atoms with Gasteiger partial charge in [-0.05, 0) is 13.0 Å². The van der Waals surface area contributed by atoms with Crippen LogP contribution in [0.5, 0.6) is 0 Å². The van der Waals surface area contributed by atoms with Crippen LogP contribution in [0.4, 0.5) is 0 Å². The number of thioether (sulfide) groups is 1. The first kappa shape index (κ1) is 10.3. The maximum atomic E-state index is 7.00. The molecule has 0 aliphatic rings. The number of hydrogen-bond acceptors (Lipinski definition) is 4. The zero-order valence-corrected chi connectivity index (χ0v) is 8.61. The highest BCUT2D eigenvalue weighted by Gasteiger charge is 2.01. The second kappa shape index (κ2) is 4.43. The van der Waals surface area contributed by atoms with Crippen LogP contribution in [0.1, 0.15) is 11.5 Å². The lowest BCUT2D eigenvalue weighted by Crippen LogP contribution is -2.05. The van der Waals surface area contributed by atoms with Gasteiger partial charge in [-0.2, -0.15) is 0 Å². The van der Waals surface area contributed by atoms with E-state index in [-0.39, 0.29) is 5.17 Å². The van der Waals surface area contributed by atoms with Crippen LogP contribution in [0.25, 0.3) is 0 Å². The summed E-state index contributed by atoms with van der Waals surface area (Å²) >= 11 is 6.90. The third-order valence-electron chi connectivity index (χ3n) is 1.23. The number of nitrogens with zero attached hydrogens (tertiary/aromatic N) is 2. The summed E-state index contributed by atoms with van der Waals surface area (Å²) in [5.41, 5.74) is 5.99. The molecule has 1 aromatic rings. The molecule has 3 N–H and O–H groups in total. The van der Waals surface area contributed by atoms with Crippen LogP contribution < -0.4 is 5.73 Å². The minimum Gasteiger partial charge on any atom is -0.379 e. The Balaban J connectivity index is 2.71. The number of nitrogens with two attached hydrogens (primary N) is 1. The summed E-state index contributed by atoms with van der Waals surface area (Å²) in [6.07, 6.45) is 0. The molecule has 0 aliphatic heterocycles. The Morgan fingerprint density at radius 3 is 2.92 bits per heavy atom. The van der Waals surface area contributed by atoms with Crippen molar-refractivity contribution in [3.05, 3.63) is 22.7 Å². The van der Waals surface area contributed by atoms with Crippen molar-refractivity contribution in [2.45, 2.75) is 12.7 Å². The maximum absolute atomic E-state index is 7.00. The van der Waals surface area contributed by atoms with E-state index < -0.39 is 0 Å². The Morgan fingerprint density at radius 2 is 2.38 bits per heavy atom. The molecule has 0 aliphatic carbocycles. The SMILES string of the molecule is Cc1cc(Cl)nc(CSC(=N)N)n1. The van der Waals surface area contributed by atoms with Crippen LogP contribution in [0, 0.1) is 12.3 Å². The van der Waals surface area contributed by atoms with Crippen LogP contribution in [0.15, 0.2) is 6.07 Å². The second-order valence-electron chi connectivity index (χ2n) is 2.40. The molecular weight excluding hydrogens is 208 g/mol. The highest BCUT2D eigenvalue weighted by Crippen LogP contribution is 2.11. The Labute approximate surface area is 85.4 Å². The van der Waals surface area contributed by atoms with Gasteiger partial charge in [-0.15, -0.1) is 0 Å². The van der Waals surface area contributed by atoms with Crippen molar-refractivity contribution in [2.75, 3.05) is 0 Å². The standard InChI is InChI=1S/C7H9ClN4S/c1-4-2-5(8)12-6(11-4)3-13-7(9)10/h2H,3H2,1H3,(H3,9,10). The van der Waals surface area contributed by atoms with Gasteiger partial charge in [0.1, 0.15) is 11.0 Å². The fourth-order valence-electron chi connectivity index (χ4n) is 0.796. The molecule has 1 heterocycles. The van der Waals surface area contributed by atoms with Gasteiger partial charge in [-0.25, -0.2) is 9.97 Å². The number of aryl methyl sites for hydroxylation is 1. The average Bonchev–Trinajstić information content (AvgIpc) is 1.99. The number of halogens is 1. The van der Waals surface area contributed by atoms with E-state index in [9.17, 15) is 0 Å². The molecule has 0 bridgehead atoms. The quantitative estimate of drug-likeness (QED) is 0.447. The third-order valence-corrected chi connectivity index (χ3v) is 2.13. The Hall–Kier alpha value is -0.810. The van der Waals surface area contributed by atoms with E-state index in [1.165, 1.54) is 11.8 Å². The van der Waals surface area contributed by atoms with Crippen molar-refractivity contribution >= 4 is 28.5 Å². The van der Waals surface area contributed by atoms with Gasteiger partial charge in [0.15, 0.2) is 5.17 Å². The second-order valence-corrected chi connectivity index (χ2v) is 3.81. The van der Waals surface area contributed by atoms with Crippen molar-refractivity contribution in [3.63, 3.8) is 0 Å². The largest absolute Gasteiger partial charge is 0.379 e. The fraction of sp³-hybridized carbons (Fsp3) is 0.286. The molecule has 0 radical (unpaired) electrons. The van der Waals surface area contributed by atoms with Crippen molar-refractivity contribution in [1.82, 2.24) is 9.97 Å². The summed E-state index contributed by atoms with van der Waals surface area (Å²) in [6, 6.07) is 1.68. The number of hydrogen-bond donors (Lipinski definition) is 2.